The van der Waals surface area contributed by atoms with Crippen LogP contribution in [0.5, 0.6) is 0 Å². The number of ether oxygens (including phenoxy) is 1. The van der Waals surface area contributed by atoms with Gasteiger partial charge in [0, 0.05) is 6.20 Å². The lowest BCUT2D eigenvalue weighted by Gasteiger charge is -2.18. The fourth-order valence-corrected chi connectivity index (χ4v) is 1.95. The lowest BCUT2D eigenvalue weighted by Crippen LogP contribution is -2.29. The number of aliphatic imine (C=N–C) groups is 1. The van der Waals surface area contributed by atoms with Gasteiger partial charge in [-0.3, -0.25) is 5.32 Å². The van der Waals surface area contributed by atoms with E-state index < -0.39 is 11.7 Å². The molecule has 0 fully saturated rings. The highest BCUT2D eigenvalue weighted by atomic mass is 32.2. The molecule has 0 aromatic heterocycles. The lowest BCUT2D eigenvalue weighted by atomic mass is 10.2. The molecule has 0 spiro atoms. The number of rotatable bonds is 4. The fourth-order valence-electron chi connectivity index (χ4n) is 1.48. The number of nitrogens with zero attached hydrogens (tertiary/aromatic N) is 1. The zero-order valence-corrected chi connectivity index (χ0v) is 14.2. The number of hydrogen-bond donors (Lipinski definition) is 2. The van der Waals surface area contributed by atoms with Crippen molar-refractivity contribution in [1.29, 1.82) is 0 Å². The van der Waals surface area contributed by atoms with E-state index in [2.05, 4.69) is 10.3 Å². The Labute approximate surface area is 136 Å². The van der Waals surface area contributed by atoms with Gasteiger partial charge >= 0.3 is 6.09 Å². The van der Waals surface area contributed by atoms with E-state index in [1.807, 2.05) is 52.0 Å². The van der Waals surface area contributed by atoms with Crippen molar-refractivity contribution in [1.82, 2.24) is 5.32 Å². The van der Waals surface area contributed by atoms with E-state index in [0.717, 1.165) is 17.0 Å². The average molecular weight is 321 g/mol. The predicted octanol–water partition coefficient (Wildman–Crippen LogP) is 3.88. The summed E-state index contributed by atoms with van der Waals surface area (Å²) < 4.78 is 5.13. The Morgan fingerprint density at radius 2 is 2.00 bits per heavy atom. The molecule has 0 saturated carbocycles. The second-order valence-corrected chi connectivity index (χ2v) is 6.74. The van der Waals surface area contributed by atoms with Crippen LogP contribution in [0.2, 0.25) is 0 Å². The van der Waals surface area contributed by atoms with Gasteiger partial charge in [-0.05, 0) is 50.3 Å². The van der Waals surface area contributed by atoms with Crippen molar-refractivity contribution in [2.45, 2.75) is 33.3 Å². The Morgan fingerprint density at radius 3 is 2.55 bits per heavy atom. The van der Waals surface area contributed by atoms with Gasteiger partial charge in [-0.1, -0.05) is 30.8 Å². The fraction of sp³-hybridized carbons (Fsp3) is 0.375. The van der Waals surface area contributed by atoms with Crippen LogP contribution in [0.1, 0.15) is 33.3 Å². The molecule has 3 N–H and O–H groups in total. The summed E-state index contributed by atoms with van der Waals surface area (Å²) in [6.45, 7) is 7.48. The number of amidine groups is 1. The van der Waals surface area contributed by atoms with Gasteiger partial charge in [0.2, 0.25) is 0 Å². The van der Waals surface area contributed by atoms with Crippen LogP contribution >= 0.6 is 11.8 Å². The molecule has 6 heteroatoms. The van der Waals surface area contributed by atoms with Crippen LogP contribution in [-0.2, 0) is 4.74 Å². The van der Waals surface area contributed by atoms with Gasteiger partial charge in [0.25, 0.3) is 0 Å². The maximum absolute atomic E-state index is 11.5. The molecule has 0 unspecified atom stereocenters. The molecule has 0 aliphatic heterocycles. The summed E-state index contributed by atoms with van der Waals surface area (Å²) >= 11 is 1.50. The van der Waals surface area contributed by atoms with Crippen molar-refractivity contribution in [2.24, 2.45) is 10.7 Å². The number of alkyl carbamates (subject to hydrolysis) is 1. The Morgan fingerprint density at radius 1 is 1.36 bits per heavy atom. The topological polar surface area (TPSA) is 76.7 Å². The van der Waals surface area contributed by atoms with Crippen LogP contribution in [0.25, 0.3) is 6.08 Å². The standard InChI is InChI=1S/C16H23N3O2S/c1-5-22-14(17)19-13-8-6-12(7-9-13)10-11-18-15(20)21-16(2,3)4/h6-11H,5H2,1-4H3,(H2,17,19)(H,18,20). The SMILES string of the molecule is CCSC(N)=Nc1ccc(C=CNC(=O)OC(C)(C)C)cc1. The van der Waals surface area contributed by atoms with E-state index in [4.69, 9.17) is 10.5 Å². The average Bonchev–Trinajstić information content (AvgIpc) is 2.39. The second kappa shape index (κ2) is 8.48. The van der Waals surface area contributed by atoms with Crippen molar-refractivity contribution in [2.75, 3.05) is 5.75 Å². The first kappa shape index (κ1) is 18.1. The zero-order valence-electron chi connectivity index (χ0n) is 13.4. The Kier molecular flexibility index (Phi) is 6.98. The van der Waals surface area contributed by atoms with Crippen molar-refractivity contribution >= 4 is 34.8 Å². The van der Waals surface area contributed by atoms with Crippen molar-refractivity contribution in [3.05, 3.63) is 36.0 Å². The second-order valence-electron chi connectivity index (χ2n) is 5.45. The number of carbonyl (C=O) groups excluding carboxylic acids is 1. The minimum atomic E-state index is -0.506. The molecule has 120 valence electrons. The van der Waals surface area contributed by atoms with E-state index in [1.165, 1.54) is 11.8 Å². The van der Waals surface area contributed by atoms with Crippen molar-refractivity contribution in [3.63, 3.8) is 0 Å². The number of thioether (sulfide) groups is 1. The summed E-state index contributed by atoms with van der Waals surface area (Å²) in [4.78, 5) is 15.7. The molecule has 0 bridgehead atoms. The van der Waals surface area contributed by atoms with Crippen LogP contribution in [-0.4, -0.2) is 22.6 Å². The number of nitrogens with two attached hydrogens (primary N) is 1. The minimum Gasteiger partial charge on any atom is -0.444 e. The largest absolute Gasteiger partial charge is 0.444 e. The molecule has 0 aliphatic rings. The number of amides is 1. The van der Waals surface area contributed by atoms with Crippen molar-refractivity contribution < 1.29 is 9.53 Å². The Balaban J connectivity index is 2.55. The van der Waals surface area contributed by atoms with E-state index in [9.17, 15) is 4.79 Å². The third-order valence-corrected chi connectivity index (χ3v) is 2.98. The summed E-state index contributed by atoms with van der Waals surface area (Å²) in [6, 6.07) is 7.54. The Hall–Kier alpha value is -1.95. The summed E-state index contributed by atoms with van der Waals surface area (Å²) in [5.74, 6) is 0.895. The van der Waals surface area contributed by atoms with Gasteiger partial charge in [-0.15, -0.1) is 0 Å². The molecule has 1 aromatic carbocycles. The number of carbonyl (C=O) groups is 1. The quantitative estimate of drug-likeness (QED) is 0.651. The van der Waals surface area contributed by atoms with Gasteiger partial charge in [-0.25, -0.2) is 9.79 Å². The highest BCUT2D eigenvalue weighted by Gasteiger charge is 2.14. The first-order valence-electron chi connectivity index (χ1n) is 7.03. The lowest BCUT2D eigenvalue weighted by molar-refractivity contribution is 0.0553. The first-order valence-corrected chi connectivity index (χ1v) is 8.02. The van der Waals surface area contributed by atoms with Gasteiger partial charge < -0.3 is 10.5 Å². The summed E-state index contributed by atoms with van der Waals surface area (Å²) in [7, 11) is 0. The molecule has 0 aliphatic carbocycles. The van der Waals surface area contributed by atoms with Crippen LogP contribution in [0, 0.1) is 0 Å². The van der Waals surface area contributed by atoms with E-state index >= 15 is 0 Å². The molecule has 1 rings (SSSR count). The van der Waals surface area contributed by atoms with Gasteiger partial charge in [-0.2, -0.15) is 0 Å². The molecular formula is C16H23N3O2S. The number of hydrogen-bond acceptors (Lipinski definition) is 4. The summed E-state index contributed by atoms with van der Waals surface area (Å²) in [5, 5.41) is 3.11. The smallest absolute Gasteiger partial charge is 0.411 e. The zero-order chi connectivity index (χ0) is 16.6. The molecule has 22 heavy (non-hydrogen) atoms. The number of benzene rings is 1. The molecule has 0 saturated heterocycles. The maximum Gasteiger partial charge on any atom is 0.411 e. The molecular weight excluding hydrogens is 298 g/mol. The maximum atomic E-state index is 11.5. The molecule has 1 aromatic rings. The van der Waals surface area contributed by atoms with E-state index in [-0.39, 0.29) is 0 Å². The van der Waals surface area contributed by atoms with Crippen LogP contribution in [0.15, 0.2) is 35.5 Å². The molecule has 0 atom stereocenters. The number of nitrogens with one attached hydrogen (secondary N) is 1. The summed E-state index contributed by atoms with van der Waals surface area (Å²) in [5.41, 5.74) is 6.99. The molecule has 1 amide bonds. The van der Waals surface area contributed by atoms with Gasteiger partial charge in [0.05, 0.1) is 5.69 Å². The van der Waals surface area contributed by atoms with E-state index in [1.54, 1.807) is 12.3 Å². The third-order valence-electron chi connectivity index (χ3n) is 2.30. The normalized spacial score (nSPS) is 12.5. The third kappa shape index (κ3) is 7.73. The summed E-state index contributed by atoms with van der Waals surface area (Å²) in [6.07, 6.45) is 2.85. The van der Waals surface area contributed by atoms with Crippen LogP contribution in [0.3, 0.4) is 0 Å². The highest BCUT2D eigenvalue weighted by molar-refractivity contribution is 8.13. The monoisotopic (exact) mass is 321 g/mol. The molecule has 0 heterocycles. The van der Waals surface area contributed by atoms with E-state index in [0.29, 0.717) is 5.17 Å². The van der Waals surface area contributed by atoms with Crippen LogP contribution < -0.4 is 11.1 Å². The minimum absolute atomic E-state index is 0.477. The van der Waals surface area contributed by atoms with Crippen molar-refractivity contribution in [3.8, 4) is 0 Å². The van der Waals surface area contributed by atoms with Gasteiger partial charge in [0.1, 0.15) is 5.60 Å². The molecule has 0 radical (unpaired) electrons. The van der Waals surface area contributed by atoms with Gasteiger partial charge in [0.15, 0.2) is 5.17 Å². The van der Waals surface area contributed by atoms with Crippen LogP contribution in [0.4, 0.5) is 10.5 Å². The highest BCUT2D eigenvalue weighted by Crippen LogP contribution is 2.15. The first-order chi connectivity index (χ1) is 10.3. The predicted molar refractivity (Wildman–Crippen MR) is 94.3 cm³/mol. The molecule has 5 nitrogen and oxygen atoms in total. The Bertz CT molecular complexity index is 546.